The molecule has 1 N–H and O–H groups in total. The number of nitrogens with one attached hydrogen (secondary N) is 1. The zero-order valence-electron chi connectivity index (χ0n) is 10.1. The molecule has 1 rings (SSSR count). The van der Waals surface area contributed by atoms with Crippen LogP contribution >= 0.6 is 11.3 Å². The molecule has 7 heteroatoms. The van der Waals surface area contributed by atoms with Crippen LogP contribution in [0, 0.1) is 0 Å². The maximum absolute atomic E-state index is 11.2. The fraction of sp³-hybridized carbons (Fsp3) is 0.600. The van der Waals surface area contributed by atoms with Gasteiger partial charge in [-0.3, -0.25) is 4.21 Å². The van der Waals surface area contributed by atoms with Crippen LogP contribution in [0.5, 0.6) is 0 Å². The monoisotopic (exact) mass is 276 g/mol. The maximum Gasteiger partial charge on any atom is 0.357 e. The topological polar surface area (TPSA) is 68.3 Å². The van der Waals surface area contributed by atoms with Crippen molar-refractivity contribution in [1.29, 1.82) is 0 Å². The highest BCUT2D eigenvalue weighted by molar-refractivity contribution is 7.84. The minimum atomic E-state index is -0.803. The van der Waals surface area contributed by atoms with Gasteiger partial charge in [-0.25, -0.2) is 9.78 Å². The number of thiazole rings is 1. The Morgan fingerprint density at radius 1 is 1.71 bits per heavy atom. The Labute approximate surface area is 107 Å². The number of hydrogen-bond donors (Lipinski definition) is 1. The van der Waals surface area contributed by atoms with Crippen LogP contribution in [0.3, 0.4) is 0 Å². The van der Waals surface area contributed by atoms with Gasteiger partial charge in [0.05, 0.1) is 7.11 Å². The molecule has 0 fully saturated rings. The van der Waals surface area contributed by atoms with Crippen LogP contribution in [-0.4, -0.2) is 40.3 Å². The first-order valence-electron chi connectivity index (χ1n) is 5.14. The van der Waals surface area contributed by atoms with Crippen LogP contribution < -0.4 is 5.32 Å². The summed E-state index contributed by atoms with van der Waals surface area (Å²) < 4.78 is 15.7. The summed E-state index contributed by atoms with van der Waals surface area (Å²) in [4.78, 5) is 15.2. The van der Waals surface area contributed by atoms with Crippen LogP contribution in [0.1, 0.15) is 23.8 Å². The quantitative estimate of drug-likeness (QED) is 0.797. The normalized spacial score (nSPS) is 14.1. The summed E-state index contributed by atoms with van der Waals surface area (Å²) in [6, 6.07) is 0. The van der Waals surface area contributed by atoms with E-state index in [9.17, 15) is 9.00 Å². The zero-order chi connectivity index (χ0) is 12.8. The van der Waals surface area contributed by atoms with E-state index in [1.807, 2.05) is 6.92 Å². The lowest BCUT2D eigenvalue weighted by atomic mass is 10.3. The third-order valence-corrected chi connectivity index (χ3v) is 4.46. The SMILES string of the molecule is COC(=O)c1csc(NCCC(C)S(C)=O)n1. The maximum atomic E-state index is 11.2. The number of methoxy groups -OCH3 is 1. The number of nitrogens with zero attached hydrogens (tertiary/aromatic N) is 1. The Morgan fingerprint density at radius 2 is 2.41 bits per heavy atom. The molecule has 0 amide bonds. The fourth-order valence-corrected chi connectivity index (χ4v) is 2.26. The predicted octanol–water partition coefficient (Wildman–Crippen LogP) is 1.50. The lowest BCUT2D eigenvalue weighted by Gasteiger charge is -2.07. The number of aromatic nitrogens is 1. The zero-order valence-corrected chi connectivity index (χ0v) is 11.7. The summed E-state index contributed by atoms with van der Waals surface area (Å²) in [6.45, 7) is 2.63. The molecular weight excluding hydrogens is 260 g/mol. The fourth-order valence-electron chi connectivity index (χ4n) is 1.10. The van der Waals surface area contributed by atoms with Gasteiger partial charge in [-0.15, -0.1) is 11.3 Å². The van der Waals surface area contributed by atoms with Crippen LogP contribution in [0.15, 0.2) is 5.38 Å². The highest BCUT2D eigenvalue weighted by Crippen LogP contribution is 2.16. The lowest BCUT2D eigenvalue weighted by molar-refractivity contribution is 0.0595. The van der Waals surface area contributed by atoms with Crippen molar-refractivity contribution in [2.24, 2.45) is 0 Å². The first-order valence-corrected chi connectivity index (χ1v) is 7.64. The van der Waals surface area contributed by atoms with Crippen LogP contribution in [0.25, 0.3) is 0 Å². The van der Waals surface area contributed by atoms with Gasteiger partial charge in [0.15, 0.2) is 10.8 Å². The number of ether oxygens (including phenoxy) is 1. The first kappa shape index (κ1) is 14.1. The molecule has 96 valence electrons. The van der Waals surface area contributed by atoms with Crippen molar-refractivity contribution in [1.82, 2.24) is 4.98 Å². The summed E-state index contributed by atoms with van der Waals surface area (Å²) in [5.41, 5.74) is 0.312. The Morgan fingerprint density at radius 3 is 3.00 bits per heavy atom. The third kappa shape index (κ3) is 4.43. The highest BCUT2D eigenvalue weighted by Gasteiger charge is 2.11. The summed E-state index contributed by atoms with van der Waals surface area (Å²) in [5.74, 6) is -0.433. The number of carbonyl (C=O) groups excluding carboxylic acids is 1. The predicted molar refractivity (Wildman–Crippen MR) is 70.1 cm³/mol. The van der Waals surface area contributed by atoms with E-state index >= 15 is 0 Å². The summed E-state index contributed by atoms with van der Waals surface area (Å²) in [7, 11) is 0.524. The van der Waals surface area contributed by atoms with E-state index in [1.165, 1.54) is 18.4 Å². The van der Waals surface area contributed by atoms with Gasteiger partial charge in [0, 0.05) is 34.2 Å². The molecule has 0 aliphatic carbocycles. The van der Waals surface area contributed by atoms with Crippen LogP contribution in [0.4, 0.5) is 5.13 Å². The molecule has 0 spiro atoms. The minimum absolute atomic E-state index is 0.155. The number of esters is 1. The smallest absolute Gasteiger partial charge is 0.357 e. The van der Waals surface area contributed by atoms with Gasteiger partial charge in [-0.05, 0) is 6.42 Å². The summed E-state index contributed by atoms with van der Waals surface area (Å²) >= 11 is 1.35. The van der Waals surface area contributed by atoms with Crippen molar-refractivity contribution in [3.05, 3.63) is 11.1 Å². The molecule has 0 saturated carbocycles. The van der Waals surface area contributed by atoms with E-state index in [0.717, 1.165) is 6.42 Å². The lowest BCUT2D eigenvalue weighted by Crippen LogP contribution is -2.14. The molecule has 0 aliphatic heterocycles. The molecule has 5 nitrogen and oxygen atoms in total. The molecule has 2 unspecified atom stereocenters. The molecule has 17 heavy (non-hydrogen) atoms. The van der Waals surface area contributed by atoms with Crippen molar-refractivity contribution < 1.29 is 13.7 Å². The van der Waals surface area contributed by atoms with Gasteiger partial charge in [0.1, 0.15) is 0 Å². The Bertz CT molecular complexity index is 406. The third-order valence-electron chi connectivity index (χ3n) is 2.29. The minimum Gasteiger partial charge on any atom is -0.464 e. The van der Waals surface area contributed by atoms with E-state index in [4.69, 9.17) is 0 Å². The van der Waals surface area contributed by atoms with E-state index in [-0.39, 0.29) is 5.25 Å². The van der Waals surface area contributed by atoms with E-state index < -0.39 is 16.8 Å². The van der Waals surface area contributed by atoms with Crippen molar-refractivity contribution in [2.75, 3.05) is 25.2 Å². The molecule has 0 saturated heterocycles. The second-order valence-electron chi connectivity index (χ2n) is 3.55. The molecule has 0 radical (unpaired) electrons. The molecule has 0 bridgehead atoms. The first-order chi connectivity index (χ1) is 8.04. The van der Waals surface area contributed by atoms with E-state index in [1.54, 1.807) is 11.6 Å². The highest BCUT2D eigenvalue weighted by atomic mass is 32.2. The second kappa shape index (κ2) is 6.70. The Balaban J connectivity index is 2.40. The van der Waals surface area contributed by atoms with Crippen molar-refractivity contribution >= 4 is 33.2 Å². The van der Waals surface area contributed by atoms with Crippen LogP contribution in [-0.2, 0) is 15.5 Å². The average Bonchev–Trinajstić information content (AvgIpc) is 2.76. The van der Waals surface area contributed by atoms with E-state index in [2.05, 4.69) is 15.0 Å². The standard InChI is InChI=1S/C10H16N2O3S2/c1-7(17(3)14)4-5-11-10-12-8(6-16-10)9(13)15-2/h6-7H,4-5H2,1-3H3,(H,11,12). The Hall–Kier alpha value is -0.950. The van der Waals surface area contributed by atoms with Gasteiger partial charge >= 0.3 is 5.97 Å². The molecule has 0 aliphatic rings. The molecule has 2 atom stereocenters. The van der Waals surface area contributed by atoms with Gasteiger partial charge < -0.3 is 10.1 Å². The largest absolute Gasteiger partial charge is 0.464 e. The number of rotatable bonds is 6. The molecule has 0 aromatic carbocycles. The molecule has 1 aromatic heterocycles. The molecule has 1 aromatic rings. The van der Waals surface area contributed by atoms with Gasteiger partial charge in [-0.1, -0.05) is 6.92 Å². The average molecular weight is 276 g/mol. The van der Waals surface area contributed by atoms with Crippen LogP contribution in [0.2, 0.25) is 0 Å². The van der Waals surface area contributed by atoms with Crippen molar-refractivity contribution in [3.8, 4) is 0 Å². The number of anilines is 1. The van der Waals surface area contributed by atoms with Gasteiger partial charge in [0.25, 0.3) is 0 Å². The van der Waals surface area contributed by atoms with Crippen molar-refractivity contribution in [3.63, 3.8) is 0 Å². The van der Waals surface area contributed by atoms with E-state index in [0.29, 0.717) is 17.4 Å². The second-order valence-corrected chi connectivity index (χ2v) is 6.21. The van der Waals surface area contributed by atoms with Gasteiger partial charge in [0.2, 0.25) is 0 Å². The molecular formula is C10H16N2O3S2. The van der Waals surface area contributed by atoms with Crippen molar-refractivity contribution in [2.45, 2.75) is 18.6 Å². The summed E-state index contributed by atoms with van der Waals surface area (Å²) in [5, 5.41) is 5.58. The molecule has 1 heterocycles. The Kier molecular flexibility index (Phi) is 5.57. The number of hydrogen-bond acceptors (Lipinski definition) is 6. The summed E-state index contributed by atoms with van der Waals surface area (Å²) in [6.07, 6.45) is 2.50. The van der Waals surface area contributed by atoms with Gasteiger partial charge in [-0.2, -0.15) is 0 Å². The number of carbonyl (C=O) groups is 1.